The summed E-state index contributed by atoms with van der Waals surface area (Å²) in [4.78, 5) is 13.5. The second-order valence-electron chi connectivity index (χ2n) is 5.49. The van der Waals surface area contributed by atoms with Gasteiger partial charge in [-0.2, -0.15) is 0 Å². The molecular formula is C14H27BrN2O. The maximum atomic E-state index is 10.9. The van der Waals surface area contributed by atoms with Crippen LogP contribution in [0.25, 0.3) is 0 Å². The number of carbonyl (C=O) groups is 1. The van der Waals surface area contributed by atoms with E-state index in [2.05, 4.69) is 33.1 Å². The first-order chi connectivity index (χ1) is 8.65. The van der Waals surface area contributed by atoms with E-state index in [9.17, 15) is 4.79 Å². The minimum absolute atomic E-state index is 0.0970. The van der Waals surface area contributed by atoms with Gasteiger partial charge in [0, 0.05) is 25.3 Å². The van der Waals surface area contributed by atoms with Gasteiger partial charge in [0.2, 0.25) is 5.91 Å². The van der Waals surface area contributed by atoms with E-state index in [1.807, 2.05) is 0 Å². The Morgan fingerprint density at radius 3 is 2.61 bits per heavy atom. The van der Waals surface area contributed by atoms with Crippen LogP contribution in [0.15, 0.2) is 0 Å². The summed E-state index contributed by atoms with van der Waals surface area (Å²) in [6, 6.07) is 0. The molecule has 1 amide bonds. The van der Waals surface area contributed by atoms with Gasteiger partial charge >= 0.3 is 0 Å². The molecule has 1 fully saturated rings. The molecule has 1 N–H and O–H groups in total. The average molecular weight is 319 g/mol. The van der Waals surface area contributed by atoms with Gasteiger partial charge in [-0.3, -0.25) is 4.79 Å². The lowest BCUT2D eigenvalue weighted by Crippen LogP contribution is -2.40. The molecule has 0 aromatic heterocycles. The summed E-state index contributed by atoms with van der Waals surface area (Å²) >= 11 is 3.62. The standard InChI is InChI=1S/C14H27BrN2O/c1-3-4-14(9-15)11-17-7-5-13(6-8-17)10-16-12(2)18/h13-14H,3-11H2,1-2H3,(H,16,18). The number of hydrogen-bond donors (Lipinski definition) is 1. The van der Waals surface area contributed by atoms with E-state index in [4.69, 9.17) is 0 Å². The van der Waals surface area contributed by atoms with Gasteiger partial charge in [0.25, 0.3) is 0 Å². The van der Waals surface area contributed by atoms with E-state index >= 15 is 0 Å². The molecule has 0 bridgehead atoms. The van der Waals surface area contributed by atoms with Crippen molar-refractivity contribution >= 4 is 21.8 Å². The fourth-order valence-electron chi connectivity index (χ4n) is 2.65. The molecule has 1 aliphatic rings. The number of rotatable bonds is 7. The molecule has 3 nitrogen and oxygen atoms in total. The van der Waals surface area contributed by atoms with Gasteiger partial charge in [0.15, 0.2) is 0 Å². The predicted molar refractivity (Wildman–Crippen MR) is 80.0 cm³/mol. The fraction of sp³-hybridized carbons (Fsp3) is 0.929. The number of amides is 1. The quantitative estimate of drug-likeness (QED) is 0.732. The van der Waals surface area contributed by atoms with Crippen LogP contribution in [0, 0.1) is 11.8 Å². The molecule has 0 spiro atoms. The van der Waals surface area contributed by atoms with E-state index in [1.165, 1.54) is 45.3 Å². The molecular weight excluding hydrogens is 292 g/mol. The van der Waals surface area contributed by atoms with Crippen molar-refractivity contribution in [2.45, 2.75) is 39.5 Å². The van der Waals surface area contributed by atoms with Gasteiger partial charge in [0.1, 0.15) is 0 Å². The molecule has 106 valence electrons. The molecule has 1 heterocycles. The highest BCUT2D eigenvalue weighted by Gasteiger charge is 2.21. The van der Waals surface area contributed by atoms with Crippen molar-refractivity contribution in [2.75, 3.05) is 31.5 Å². The second kappa shape index (κ2) is 8.92. The summed E-state index contributed by atoms with van der Waals surface area (Å²) in [6.07, 6.45) is 5.04. The highest BCUT2D eigenvalue weighted by molar-refractivity contribution is 9.09. The van der Waals surface area contributed by atoms with Crippen molar-refractivity contribution in [3.8, 4) is 0 Å². The molecule has 1 atom stereocenters. The molecule has 0 saturated carbocycles. The van der Waals surface area contributed by atoms with Crippen molar-refractivity contribution in [3.05, 3.63) is 0 Å². The summed E-state index contributed by atoms with van der Waals surface area (Å²) < 4.78 is 0. The minimum atomic E-state index is 0.0970. The molecule has 0 radical (unpaired) electrons. The van der Waals surface area contributed by atoms with Gasteiger partial charge < -0.3 is 10.2 Å². The molecule has 18 heavy (non-hydrogen) atoms. The maximum absolute atomic E-state index is 10.9. The van der Waals surface area contributed by atoms with Crippen molar-refractivity contribution in [2.24, 2.45) is 11.8 Å². The Morgan fingerprint density at radius 1 is 1.44 bits per heavy atom. The van der Waals surface area contributed by atoms with E-state index in [1.54, 1.807) is 6.92 Å². The van der Waals surface area contributed by atoms with Crippen LogP contribution in [0.5, 0.6) is 0 Å². The lowest BCUT2D eigenvalue weighted by molar-refractivity contribution is -0.119. The largest absolute Gasteiger partial charge is 0.356 e. The van der Waals surface area contributed by atoms with Gasteiger partial charge in [-0.25, -0.2) is 0 Å². The summed E-state index contributed by atoms with van der Waals surface area (Å²) in [6.45, 7) is 8.33. The maximum Gasteiger partial charge on any atom is 0.216 e. The van der Waals surface area contributed by atoms with Gasteiger partial charge in [-0.1, -0.05) is 29.3 Å². The van der Waals surface area contributed by atoms with Crippen LogP contribution in [0.4, 0.5) is 0 Å². The minimum Gasteiger partial charge on any atom is -0.356 e. The van der Waals surface area contributed by atoms with Gasteiger partial charge in [-0.15, -0.1) is 0 Å². The lowest BCUT2D eigenvalue weighted by atomic mass is 9.95. The van der Waals surface area contributed by atoms with Crippen molar-refractivity contribution in [1.82, 2.24) is 10.2 Å². The zero-order chi connectivity index (χ0) is 13.4. The Hall–Kier alpha value is -0.0900. The highest BCUT2D eigenvalue weighted by atomic mass is 79.9. The van der Waals surface area contributed by atoms with Crippen LogP contribution in [-0.2, 0) is 4.79 Å². The molecule has 1 saturated heterocycles. The number of nitrogens with zero attached hydrogens (tertiary/aromatic N) is 1. The summed E-state index contributed by atoms with van der Waals surface area (Å²) in [5.41, 5.74) is 0. The Balaban J connectivity index is 2.20. The van der Waals surface area contributed by atoms with Crippen molar-refractivity contribution < 1.29 is 4.79 Å². The third kappa shape index (κ3) is 6.19. The average Bonchev–Trinajstić information content (AvgIpc) is 2.37. The molecule has 1 aliphatic heterocycles. The summed E-state index contributed by atoms with van der Waals surface area (Å²) in [5, 5.41) is 4.06. The summed E-state index contributed by atoms with van der Waals surface area (Å²) in [7, 11) is 0. The van der Waals surface area contributed by atoms with E-state index in [0.29, 0.717) is 5.92 Å². The van der Waals surface area contributed by atoms with E-state index < -0.39 is 0 Å². The van der Waals surface area contributed by atoms with Crippen LogP contribution in [0.2, 0.25) is 0 Å². The normalized spacial score (nSPS) is 19.7. The Labute approximate surface area is 120 Å². The first kappa shape index (κ1) is 16.0. The number of nitrogens with one attached hydrogen (secondary N) is 1. The third-order valence-electron chi connectivity index (χ3n) is 3.78. The SMILES string of the molecule is CCCC(CBr)CN1CCC(CNC(C)=O)CC1. The highest BCUT2D eigenvalue weighted by Crippen LogP contribution is 2.19. The number of hydrogen-bond acceptors (Lipinski definition) is 2. The van der Waals surface area contributed by atoms with Crippen LogP contribution in [0.3, 0.4) is 0 Å². The first-order valence-electron chi connectivity index (χ1n) is 7.18. The summed E-state index contributed by atoms with van der Waals surface area (Å²) in [5.74, 6) is 1.57. The van der Waals surface area contributed by atoms with Crippen LogP contribution in [-0.4, -0.2) is 42.3 Å². The van der Waals surface area contributed by atoms with Crippen LogP contribution >= 0.6 is 15.9 Å². The number of likely N-dealkylation sites (tertiary alicyclic amines) is 1. The first-order valence-corrected chi connectivity index (χ1v) is 8.30. The number of halogens is 1. The van der Waals surface area contributed by atoms with Crippen molar-refractivity contribution in [1.29, 1.82) is 0 Å². The van der Waals surface area contributed by atoms with Gasteiger partial charge in [0.05, 0.1) is 0 Å². The van der Waals surface area contributed by atoms with E-state index in [-0.39, 0.29) is 5.91 Å². The molecule has 1 rings (SSSR count). The Morgan fingerprint density at radius 2 is 2.11 bits per heavy atom. The molecule has 0 aromatic carbocycles. The van der Waals surface area contributed by atoms with Crippen molar-refractivity contribution in [3.63, 3.8) is 0 Å². The number of piperidine rings is 1. The Bertz CT molecular complexity index is 240. The number of alkyl halides is 1. The van der Waals surface area contributed by atoms with Crippen LogP contribution < -0.4 is 5.32 Å². The zero-order valence-corrected chi connectivity index (χ0v) is 13.3. The monoisotopic (exact) mass is 318 g/mol. The third-order valence-corrected chi connectivity index (χ3v) is 4.69. The zero-order valence-electron chi connectivity index (χ0n) is 11.8. The van der Waals surface area contributed by atoms with E-state index in [0.717, 1.165) is 17.8 Å². The lowest BCUT2D eigenvalue weighted by Gasteiger charge is -2.34. The fourth-order valence-corrected chi connectivity index (χ4v) is 3.18. The smallest absolute Gasteiger partial charge is 0.216 e. The predicted octanol–water partition coefficient (Wildman–Crippen LogP) is 2.65. The second-order valence-corrected chi connectivity index (χ2v) is 6.14. The molecule has 1 unspecified atom stereocenters. The number of carbonyl (C=O) groups excluding carboxylic acids is 1. The molecule has 0 aromatic rings. The molecule has 4 heteroatoms. The van der Waals surface area contributed by atoms with Gasteiger partial charge in [-0.05, 0) is 44.2 Å². The Kier molecular flexibility index (Phi) is 7.91. The topological polar surface area (TPSA) is 32.3 Å². The van der Waals surface area contributed by atoms with Crippen LogP contribution in [0.1, 0.15) is 39.5 Å². The molecule has 0 aliphatic carbocycles.